The standard InChI is InChI=1S/C33H25NO.C18H12BrNO.C15H15BO2/c1-33(2)27-10-4-3-9-25(27)26-20-17-23(21-28(26)33)22-15-18-24(19-16-22)34-29-11-5-7-13-31(29)35-32-14-8-6-12-30(32)34;19-13-9-11-14(12-10-13)20-15-5-1-3-7-17(15)21-18-8-4-2-6-16(18)20;1-15(2)13-6-4-3-5-11(13)12-8-7-10(16(17)18)9-14(12)15/h3-21H,1-2H3;1-12H;3-9,17-18H,1-2H3. The fourth-order valence-electron chi connectivity index (χ4n) is 11.1. The van der Waals surface area contributed by atoms with Crippen LogP contribution in [0.2, 0.25) is 0 Å². The van der Waals surface area contributed by atoms with Crippen molar-refractivity contribution in [2.45, 2.75) is 38.5 Å². The van der Waals surface area contributed by atoms with Gasteiger partial charge < -0.3 is 29.3 Å². The van der Waals surface area contributed by atoms with Crippen LogP contribution < -0.4 is 24.7 Å². The molecule has 10 aromatic rings. The van der Waals surface area contributed by atoms with Crippen LogP contribution in [0.1, 0.15) is 49.9 Å². The van der Waals surface area contributed by atoms with E-state index in [1.165, 1.54) is 50.1 Å². The molecule has 4 aliphatic rings. The van der Waals surface area contributed by atoms with Crippen molar-refractivity contribution in [2.75, 3.05) is 9.80 Å². The van der Waals surface area contributed by atoms with Crippen LogP contribution in [0.25, 0.3) is 33.4 Å². The second-order valence-corrected chi connectivity index (χ2v) is 21.0. The number of rotatable bonds is 4. The van der Waals surface area contributed by atoms with Crippen LogP contribution in [0.15, 0.2) is 235 Å². The summed E-state index contributed by atoms with van der Waals surface area (Å²) in [6.45, 7) is 9.01. The van der Waals surface area contributed by atoms with E-state index >= 15 is 0 Å². The van der Waals surface area contributed by atoms with Gasteiger partial charge in [-0.1, -0.05) is 183 Å². The van der Waals surface area contributed by atoms with E-state index in [1.54, 1.807) is 6.07 Å². The lowest BCUT2D eigenvalue weighted by Crippen LogP contribution is -2.31. The molecule has 74 heavy (non-hydrogen) atoms. The fourth-order valence-corrected chi connectivity index (χ4v) is 11.4. The largest absolute Gasteiger partial charge is 0.488 e. The Morgan fingerprint density at radius 1 is 0.365 bits per heavy atom. The van der Waals surface area contributed by atoms with Crippen LogP contribution in [0, 0.1) is 0 Å². The number of hydrogen-bond acceptors (Lipinski definition) is 6. The highest BCUT2D eigenvalue weighted by Gasteiger charge is 2.37. The summed E-state index contributed by atoms with van der Waals surface area (Å²) in [6, 6.07) is 79.5. The van der Waals surface area contributed by atoms with Crippen LogP contribution in [0.4, 0.5) is 34.1 Å². The number of fused-ring (bicyclic) bond motifs is 10. The second kappa shape index (κ2) is 18.7. The molecule has 0 fully saturated rings. The maximum absolute atomic E-state index is 9.30. The lowest BCUT2D eigenvalue weighted by Gasteiger charge is -2.32. The van der Waals surface area contributed by atoms with Gasteiger partial charge in [0.1, 0.15) is 0 Å². The van der Waals surface area contributed by atoms with Crippen molar-refractivity contribution in [2.24, 2.45) is 0 Å². The van der Waals surface area contributed by atoms with Crippen molar-refractivity contribution in [3.05, 3.63) is 257 Å². The smallest absolute Gasteiger partial charge is 0.453 e. The highest BCUT2D eigenvalue weighted by atomic mass is 79.9. The normalized spacial score (nSPS) is 14.0. The van der Waals surface area contributed by atoms with Gasteiger partial charge in [0.25, 0.3) is 0 Å². The Hall–Kier alpha value is -8.14. The lowest BCUT2D eigenvalue weighted by atomic mass is 9.75. The van der Waals surface area contributed by atoms with E-state index in [4.69, 9.17) is 9.47 Å². The van der Waals surface area contributed by atoms with E-state index in [2.05, 4.69) is 193 Å². The topological polar surface area (TPSA) is 65.4 Å². The number of ether oxygens (including phenoxy) is 2. The molecule has 0 saturated carbocycles. The zero-order valence-electron chi connectivity index (χ0n) is 41.5. The molecule has 10 aromatic carbocycles. The first-order chi connectivity index (χ1) is 36.0. The first kappa shape index (κ1) is 46.9. The number of nitrogens with zero attached hydrogens (tertiary/aromatic N) is 2. The summed E-state index contributed by atoms with van der Waals surface area (Å²) in [6.07, 6.45) is 0. The van der Waals surface area contributed by atoms with Crippen molar-refractivity contribution in [1.82, 2.24) is 0 Å². The third kappa shape index (κ3) is 8.16. The molecule has 2 heterocycles. The van der Waals surface area contributed by atoms with E-state index in [-0.39, 0.29) is 10.8 Å². The molecular weight excluding hydrogens is 975 g/mol. The summed E-state index contributed by atoms with van der Waals surface area (Å²) < 4.78 is 13.2. The van der Waals surface area contributed by atoms with Gasteiger partial charge in [0, 0.05) is 26.7 Å². The number of benzene rings is 10. The maximum Gasteiger partial charge on any atom is 0.488 e. The Morgan fingerprint density at radius 2 is 0.716 bits per heavy atom. The molecule has 8 heteroatoms. The summed E-state index contributed by atoms with van der Waals surface area (Å²) in [4.78, 5) is 4.50. The second-order valence-electron chi connectivity index (χ2n) is 20.0. The zero-order chi connectivity index (χ0) is 50.7. The number of anilines is 6. The fraction of sp³-hybridized carbons (Fsp3) is 0.0909. The first-order valence-electron chi connectivity index (χ1n) is 25.0. The molecule has 2 aliphatic heterocycles. The molecule has 2 N–H and O–H groups in total. The molecule has 2 aliphatic carbocycles. The Balaban J connectivity index is 0.000000122. The SMILES string of the molecule is Brc1ccc(N2c3ccccc3Oc3ccccc32)cc1.CC1(C)c2ccccc2-c2ccc(-c3ccc(N4c5ccccc5Oc5ccccc54)cc3)cc21.CC1(C)c2ccccc2-c2ccc(B(O)O)cc21. The van der Waals surface area contributed by atoms with Crippen molar-refractivity contribution in [3.63, 3.8) is 0 Å². The van der Waals surface area contributed by atoms with E-state index in [0.717, 1.165) is 67.2 Å². The Kier molecular flexibility index (Phi) is 11.9. The molecule has 0 spiro atoms. The van der Waals surface area contributed by atoms with Gasteiger partial charge in [0.2, 0.25) is 0 Å². The van der Waals surface area contributed by atoms with Gasteiger partial charge in [0.05, 0.1) is 22.7 Å². The third-order valence-corrected chi connectivity index (χ3v) is 15.4. The molecule has 0 aromatic heterocycles. The van der Waals surface area contributed by atoms with Crippen LogP contribution in [-0.2, 0) is 10.8 Å². The van der Waals surface area contributed by atoms with Gasteiger partial charge in [-0.15, -0.1) is 0 Å². The van der Waals surface area contributed by atoms with Gasteiger partial charge in [-0.25, -0.2) is 0 Å². The average molecular weight is 1030 g/mol. The van der Waals surface area contributed by atoms with Gasteiger partial charge in [-0.2, -0.15) is 0 Å². The summed E-state index contributed by atoms with van der Waals surface area (Å²) in [5.41, 5.74) is 19.8. The van der Waals surface area contributed by atoms with Gasteiger partial charge in [-0.3, -0.25) is 0 Å². The third-order valence-electron chi connectivity index (χ3n) is 14.9. The van der Waals surface area contributed by atoms with Crippen LogP contribution in [-0.4, -0.2) is 17.2 Å². The summed E-state index contributed by atoms with van der Waals surface area (Å²) >= 11 is 3.49. The van der Waals surface area contributed by atoms with E-state index in [9.17, 15) is 10.0 Å². The van der Waals surface area contributed by atoms with Crippen LogP contribution >= 0.6 is 15.9 Å². The quantitative estimate of drug-likeness (QED) is 0.171. The molecule has 6 nitrogen and oxygen atoms in total. The van der Waals surface area contributed by atoms with E-state index in [1.807, 2.05) is 84.9 Å². The first-order valence-corrected chi connectivity index (χ1v) is 25.8. The van der Waals surface area contributed by atoms with Gasteiger partial charge >= 0.3 is 7.12 Å². The van der Waals surface area contributed by atoms with E-state index < -0.39 is 7.12 Å². The number of para-hydroxylation sites is 8. The molecular formula is C66H52BBrN2O4. The Bertz CT molecular complexity index is 3670. The van der Waals surface area contributed by atoms with Crippen molar-refractivity contribution in [3.8, 4) is 56.4 Å². The summed E-state index contributed by atoms with van der Waals surface area (Å²) in [7, 11) is -1.41. The Morgan fingerprint density at radius 3 is 1.16 bits per heavy atom. The van der Waals surface area contributed by atoms with Crippen LogP contribution in [0.5, 0.6) is 23.0 Å². The molecule has 0 unspecified atom stereocenters. The molecule has 0 saturated heterocycles. The minimum atomic E-state index is -1.41. The van der Waals surface area contributed by atoms with E-state index in [0.29, 0.717) is 5.46 Å². The molecule has 0 atom stereocenters. The molecule has 360 valence electrons. The maximum atomic E-state index is 9.30. The van der Waals surface area contributed by atoms with Crippen LogP contribution in [0.3, 0.4) is 0 Å². The average Bonchev–Trinajstić information content (AvgIpc) is 3.81. The zero-order valence-corrected chi connectivity index (χ0v) is 43.1. The van der Waals surface area contributed by atoms with Gasteiger partial charge in [-0.05, 0) is 152 Å². The predicted molar refractivity (Wildman–Crippen MR) is 307 cm³/mol. The molecule has 14 rings (SSSR count). The monoisotopic (exact) mass is 1030 g/mol. The van der Waals surface area contributed by atoms with Crippen molar-refractivity contribution >= 4 is 62.6 Å². The number of halogens is 1. The molecule has 0 amide bonds. The Labute approximate surface area is 441 Å². The minimum absolute atomic E-state index is 0.00307. The molecule has 0 bridgehead atoms. The highest BCUT2D eigenvalue weighted by Crippen LogP contribution is 2.53. The minimum Gasteiger partial charge on any atom is -0.453 e. The summed E-state index contributed by atoms with van der Waals surface area (Å²) in [5.74, 6) is 3.49. The summed E-state index contributed by atoms with van der Waals surface area (Å²) in [5, 5.41) is 18.6. The number of hydrogen-bond donors (Lipinski definition) is 2. The van der Waals surface area contributed by atoms with Crippen molar-refractivity contribution < 1.29 is 19.5 Å². The van der Waals surface area contributed by atoms with Crippen molar-refractivity contribution in [1.29, 1.82) is 0 Å². The predicted octanol–water partition coefficient (Wildman–Crippen LogP) is 16.9. The molecule has 0 radical (unpaired) electrons. The lowest BCUT2D eigenvalue weighted by molar-refractivity contribution is 0.425. The van der Waals surface area contributed by atoms with Gasteiger partial charge in [0.15, 0.2) is 23.0 Å². The highest BCUT2D eigenvalue weighted by molar-refractivity contribution is 9.10.